The van der Waals surface area contributed by atoms with Gasteiger partial charge in [-0.05, 0) is 61.3 Å². The maximum Gasteiger partial charge on any atom is 0.306 e. The normalized spacial score (nSPS) is 24.0. The van der Waals surface area contributed by atoms with E-state index in [4.69, 9.17) is 16.3 Å². The molecule has 0 aromatic heterocycles. The molecule has 0 spiro atoms. The third kappa shape index (κ3) is 4.72. The maximum absolute atomic E-state index is 11.9. The van der Waals surface area contributed by atoms with Crippen LogP contribution in [0.1, 0.15) is 42.5 Å². The van der Waals surface area contributed by atoms with Gasteiger partial charge in [0.05, 0.1) is 0 Å². The first-order valence-corrected chi connectivity index (χ1v) is 8.89. The molecule has 2 saturated carbocycles. The Hall–Kier alpha value is -2.08. The summed E-state index contributed by atoms with van der Waals surface area (Å²) in [4.78, 5) is 35.4. The molecule has 2 N–H and O–H groups in total. The Balaban J connectivity index is 1.34. The predicted molar refractivity (Wildman–Crippen MR) is 91.6 cm³/mol. The molecule has 0 saturated heterocycles. The number of halogens is 1. The molecule has 0 aliphatic heterocycles. The van der Waals surface area contributed by atoms with Gasteiger partial charge in [-0.25, -0.2) is 0 Å². The summed E-state index contributed by atoms with van der Waals surface area (Å²) in [5.74, 6) is 0.414. The van der Waals surface area contributed by atoms with E-state index < -0.39 is 18.4 Å². The standard InChI is InChI=1S/C18H21ClN2O4/c19-15-5-3-12(4-6-15)18(24)21-20-16(22)10-25-17(23)9-14-8-11-1-2-13(14)7-11/h3-6,11,13-14H,1-2,7-10H2,(H,20,22)(H,21,24)/t11-,13+,14-/m0/s1. The van der Waals surface area contributed by atoms with Gasteiger partial charge in [-0.3, -0.25) is 25.2 Å². The quantitative estimate of drug-likeness (QED) is 0.621. The number of fused-ring (bicyclic) bond motifs is 2. The van der Waals surface area contributed by atoms with Crippen molar-refractivity contribution in [3.63, 3.8) is 0 Å². The highest BCUT2D eigenvalue weighted by Gasteiger charge is 2.40. The number of carbonyl (C=O) groups is 3. The maximum atomic E-state index is 11.9. The molecule has 6 nitrogen and oxygen atoms in total. The molecule has 2 bridgehead atoms. The largest absolute Gasteiger partial charge is 0.455 e. The molecule has 2 amide bonds. The number of ether oxygens (including phenoxy) is 1. The van der Waals surface area contributed by atoms with Gasteiger partial charge in [0.15, 0.2) is 6.61 Å². The number of hydrogen-bond acceptors (Lipinski definition) is 4. The third-order valence-corrected chi connectivity index (χ3v) is 5.35. The number of esters is 1. The zero-order chi connectivity index (χ0) is 17.8. The van der Waals surface area contributed by atoms with E-state index in [1.807, 2.05) is 0 Å². The first-order chi connectivity index (χ1) is 12.0. The van der Waals surface area contributed by atoms with Crippen LogP contribution >= 0.6 is 11.6 Å². The highest BCUT2D eigenvalue weighted by atomic mass is 35.5. The van der Waals surface area contributed by atoms with Crippen molar-refractivity contribution in [3.8, 4) is 0 Å². The summed E-state index contributed by atoms with van der Waals surface area (Å²) in [5.41, 5.74) is 4.85. The lowest BCUT2D eigenvalue weighted by molar-refractivity contribution is -0.150. The average Bonchev–Trinajstić information content (AvgIpc) is 3.21. The lowest BCUT2D eigenvalue weighted by Crippen LogP contribution is -2.43. The molecule has 0 radical (unpaired) electrons. The van der Waals surface area contributed by atoms with Crippen LogP contribution in [-0.2, 0) is 14.3 Å². The van der Waals surface area contributed by atoms with Crippen LogP contribution in [0.15, 0.2) is 24.3 Å². The molecule has 3 rings (SSSR count). The Morgan fingerprint density at radius 2 is 1.84 bits per heavy atom. The molecule has 0 unspecified atom stereocenters. The highest BCUT2D eigenvalue weighted by molar-refractivity contribution is 6.30. The molecule has 0 heterocycles. The molecule has 2 aliphatic carbocycles. The Bertz CT molecular complexity index is 662. The molecule has 2 aliphatic rings. The van der Waals surface area contributed by atoms with Gasteiger partial charge in [0.25, 0.3) is 11.8 Å². The molecule has 1 aromatic rings. The minimum absolute atomic E-state index is 0.350. The van der Waals surface area contributed by atoms with Gasteiger partial charge in [0.2, 0.25) is 0 Å². The summed E-state index contributed by atoms with van der Waals surface area (Å²) < 4.78 is 5.01. The van der Waals surface area contributed by atoms with E-state index in [-0.39, 0.29) is 5.97 Å². The zero-order valence-electron chi connectivity index (χ0n) is 13.8. The van der Waals surface area contributed by atoms with Crippen molar-refractivity contribution >= 4 is 29.4 Å². The molecular formula is C18H21ClN2O4. The fourth-order valence-corrected chi connectivity index (χ4v) is 4.01. The monoisotopic (exact) mass is 364 g/mol. The molecule has 3 atom stereocenters. The van der Waals surface area contributed by atoms with E-state index in [1.165, 1.54) is 19.3 Å². The number of carbonyl (C=O) groups excluding carboxylic acids is 3. The van der Waals surface area contributed by atoms with Crippen molar-refractivity contribution < 1.29 is 19.1 Å². The predicted octanol–water partition coefficient (Wildman–Crippen LogP) is 2.47. The minimum atomic E-state index is -0.580. The van der Waals surface area contributed by atoms with Crippen LogP contribution in [0.4, 0.5) is 0 Å². The number of rotatable bonds is 5. The number of hydrazine groups is 1. The molecular weight excluding hydrogens is 344 g/mol. The number of hydrogen-bond donors (Lipinski definition) is 2. The Morgan fingerprint density at radius 1 is 1.08 bits per heavy atom. The Morgan fingerprint density at radius 3 is 2.48 bits per heavy atom. The average molecular weight is 365 g/mol. The summed E-state index contributed by atoms with van der Waals surface area (Å²) in [6.07, 6.45) is 5.20. The second-order valence-corrected chi connectivity index (χ2v) is 7.25. The van der Waals surface area contributed by atoms with Crippen LogP contribution in [0, 0.1) is 17.8 Å². The number of nitrogens with one attached hydrogen (secondary N) is 2. The molecule has 7 heteroatoms. The first kappa shape index (κ1) is 17.7. The van der Waals surface area contributed by atoms with Gasteiger partial charge in [0.1, 0.15) is 0 Å². The minimum Gasteiger partial charge on any atom is -0.455 e. The van der Waals surface area contributed by atoms with Crippen LogP contribution in [-0.4, -0.2) is 24.4 Å². The topological polar surface area (TPSA) is 84.5 Å². The highest BCUT2D eigenvalue weighted by Crippen LogP contribution is 2.49. The van der Waals surface area contributed by atoms with Crippen LogP contribution < -0.4 is 10.9 Å². The molecule has 25 heavy (non-hydrogen) atoms. The Kier molecular flexibility index (Phi) is 5.58. The van der Waals surface area contributed by atoms with Crippen LogP contribution in [0.3, 0.4) is 0 Å². The van der Waals surface area contributed by atoms with Crippen molar-refractivity contribution in [2.75, 3.05) is 6.61 Å². The molecule has 1 aromatic carbocycles. The lowest BCUT2D eigenvalue weighted by atomic mass is 9.86. The van der Waals surface area contributed by atoms with Gasteiger partial charge in [-0.15, -0.1) is 0 Å². The molecule has 2 fully saturated rings. The lowest BCUT2D eigenvalue weighted by Gasteiger charge is -2.20. The second kappa shape index (κ2) is 7.87. The van der Waals surface area contributed by atoms with E-state index in [0.717, 1.165) is 12.3 Å². The van der Waals surface area contributed by atoms with Crippen molar-refractivity contribution in [2.24, 2.45) is 17.8 Å². The van der Waals surface area contributed by atoms with Gasteiger partial charge in [0, 0.05) is 17.0 Å². The van der Waals surface area contributed by atoms with Gasteiger partial charge in [-0.1, -0.05) is 18.0 Å². The van der Waals surface area contributed by atoms with Crippen LogP contribution in [0.2, 0.25) is 5.02 Å². The van der Waals surface area contributed by atoms with Gasteiger partial charge < -0.3 is 4.74 Å². The number of benzene rings is 1. The second-order valence-electron chi connectivity index (χ2n) is 6.81. The van der Waals surface area contributed by atoms with Crippen molar-refractivity contribution in [2.45, 2.75) is 32.1 Å². The summed E-state index contributed by atoms with van der Waals surface area (Å²) in [5, 5.41) is 0.517. The van der Waals surface area contributed by atoms with E-state index >= 15 is 0 Å². The molecule has 134 valence electrons. The summed E-state index contributed by atoms with van der Waals surface area (Å²) in [6, 6.07) is 6.24. The number of amides is 2. The van der Waals surface area contributed by atoms with E-state index in [2.05, 4.69) is 10.9 Å². The van der Waals surface area contributed by atoms with Crippen LogP contribution in [0.25, 0.3) is 0 Å². The van der Waals surface area contributed by atoms with Crippen molar-refractivity contribution in [3.05, 3.63) is 34.9 Å². The van der Waals surface area contributed by atoms with E-state index in [1.54, 1.807) is 24.3 Å². The fourth-order valence-electron chi connectivity index (χ4n) is 3.88. The van der Waals surface area contributed by atoms with E-state index in [9.17, 15) is 14.4 Å². The summed E-state index contributed by atoms with van der Waals surface area (Å²) in [7, 11) is 0. The van der Waals surface area contributed by atoms with Gasteiger partial charge in [-0.2, -0.15) is 0 Å². The SMILES string of the molecule is O=C(COC(=O)C[C@@H]1C[C@H]2CC[C@@H]1C2)NNC(=O)c1ccc(Cl)cc1. The van der Waals surface area contributed by atoms with Crippen molar-refractivity contribution in [1.29, 1.82) is 0 Å². The Labute approximate surface area is 151 Å². The van der Waals surface area contributed by atoms with Gasteiger partial charge >= 0.3 is 5.97 Å². The van der Waals surface area contributed by atoms with Crippen molar-refractivity contribution in [1.82, 2.24) is 10.9 Å². The zero-order valence-corrected chi connectivity index (χ0v) is 14.6. The summed E-state index contributed by atoms with van der Waals surface area (Å²) in [6.45, 7) is -0.402. The smallest absolute Gasteiger partial charge is 0.306 e. The fraction of sp³-hybridized carbons (Fsp3) is 0.500. The first-order valence-electron chi connectivity index (χ1n) is 8.51. The van der Waals surface area contributed by atoms with E-state index in [0.29, 0.717) is 28.8 Å². The third-order valence-electron chi connectivity index (χ3n) is 5.10. The summed E-state index contributed by atoms with van der Waals surface area (Å²) >= 11 is 5.75. The van der Waals surface area contributed by atoms with Crippen LogP contribution in [0.5, 0.6) is 0 Å².